The SMILES string of the molecule is CCC(=O)Nc1cc(N)c(F)c(-c2cc(F)cc(F)c2)c1-c1cncc(F)c1CC[C@H]1CNCCN1S(C)(=O)=O. The number of rotatable bonds is 8. The lowest BCUT2D eigenvalue weighted by molar-refractivity contribution is -0.115. The summed E-state index contributed by atoms with van der Waals surface area (Å²) in [6.07, 6.45) is 3.58. The molecule has 214 valence electrons. The standard InChI is InChI=1S/C27H29F4N5O3S/c1-3-24(37)35-23-11-22(32)27(31)25(15-8-16(28)10-17(29)9-15)26(23)20-13-34-14-21(30)19(20)5-4-18-12-33-6-7-36(18)40(2,38)39/h8-11,13-14,18,33H,3-7,12,32H2,1-2H3,(H,35,37)/t18-/m0/s1. The zero-order chi connectivity index (χ0) is 29.2. The summed E-state index contributed by atoms with van der Waals surface area (Å²) in [5, 5.41) is 5.76. The number of nitrogens with zero attached hydrogens (tertiary/aromatic N) is 2. The van der Waals surface area contributed by atoms with Crippen molar-refractivity contribution in [1.29, 1.82) is 0 Å². The first kappa shape index (κ1) is 29.4. The molecule has 0 radical (unpaired) electrons. The van der Waals surface area contributed by atoms with Gasteiger partial charge >= 0.3 is 0 Å². The van der Waals surface area contributed by atoms with E-state index in [1.165, 1.54) is 10.5 Å². The van der Waals surface area contributed by atoms with Crippen LogP contribution in [0.25, 0.3) is 22.3 Å². The zero-order valence-electron chi connectivity index (χ0n) is 21.9. The van der Waals surface area contributed by atoms with Crippen molar-refractivity contribution in [2.45, 2.75) is 32.2 Å². The van der Waals surface area contributed by atoms with Gasteiger partial charge in [0, 0.05) is 61.1 Å². The Hall–Kier alpha value is -3.55. The lowest BCUT2D eigenvalue weighted by Crippen LogP contribution is -2.53. The van der Waals surface area contributed by atoms with E-state index in [2.05, 4.69) is 15.6 Å². The third-order valence-electron chi connectivity index (χ3n) is 6.76. The molecule has 4 N–H and O–H groups in total. The number of nitrogens with two attached hydrogens (primary N) is 1. The second-order valence-electron chi connectivity index (χ2n) is 9.55. The number of amides is 1. The van der Waals surface area contributed by atoms with Crippen LogP contribution in [0.1, 0.15) is 25.3 Å². The number of nitrogen functional groups attached to an aromatic ring is 1. The van der Waals surface area contributed by atoms with Crippen molar-refractivity contribution in [3.05, 3.63) is 65.5 Å². The van der Waals surface area contributed by atoms with Gasteiger partial charge in [0.1, 0.15) is 17.5 Å². The van der Waals surface area contributed by atoms with Gasteiger partial charge in [-0.3, -0.25) is 9.78 Å². The monoisotopic (exact) mass is 579 g/mol. The number of hydrogen-bond donors (Lipinski definition) is 3. The van der Waals surface area contributed by atoms with Crippen molar-refractivity contribution in [3.63, 3.8) is 0 Å². The fourth-order valence-corrected chi connectivity index (χ4v) is 6.08. The average Bonchev–Trinajstić information content (AvgIpc) is 2.88. The van der Waals surface area contributed by atoms with E-state index in [9.17, 15) is 22.0 Å². The number of carbonyl (C=O) groups is 1. The summed E-state index contributed by atoms with van der Waals surface area (Å²) in [5.74, 6) is -4.21. The van der Waals surface area contributed by atoms with Gasteiger partial charge in [-0.15, -0.1) is 0 Å². The Morgan fingerprint density at radius 2 is 1.82 bits per heavy atom. The maximum atomic E-state index is 15.7. The molecule has 4 rings (SSSR count). The third kappa shape index (κ3) is 6.26. The molecule has 1 aromatic heterocycles. The van der Waals surface area contributed by atoms with Gasteiger partial charge in [-0.2, -0.15) is 4.31 Å². The molecule has 1 aliphatic heterocycles. The number of pyridine rings is 1. The molecule has 8 nitrogen and oxygen atoms in total. The van der Waals surface area contributed by atoms with Crippen LogP contribution in [0.4, 0.5) is 28.9 Å². The Balaban J connectivity index is 1.92. The molecule has 2 heterocycles. The largest absolute Gasteiger partial charge is 0.396 e. The Morgan fingerprint density at radius 1 is 1.12 bits per heavy atom. The van der Waals surface area contributed by atoms with Crippen LogP contribution in [0, 0.1) is 23.3 Å². The van der Waals surface area contributed by atoms with E-state index in [1.807, 2.05) is 0 Å². The molecule has 1 amide bonds. The van der Waals surface area contributed by atoms with E-state index in [4.69, 9.17) is 5.73 Å². The first-order valence-corrected chi connectivity index (χ1v) is 14.4. The highest BCUT2D eigenvalue weighted by Gasteiger charge is 2.30. The van der Waals surface area contributed by atoms with E-state index >= 15 is 8.78 Å². The summed E-state index contributed by atoms with van der Waals surface area (Å²) in [6, 6.07) is 3.10. The van der Waals surface area contributed by atoms with E-state index in [1.54, 1.807) is 6.92 Å². The van der Waals surface area contributed by atoms with Gasteiger partial charge in [0.05, 0.1) is 23.8 Å². The first-order valence-electron chi connectivity index (χ1n) is 12.6. The van der Waals surface area contributed by atoms with Gasteiger partial charge in [0.15, 0.2) is 5.82 Å². The molecule has 0 saturated carbocycles. The number of anilines is 2. The molecule has 0 spiro atoms. The predicted molar refractivity (Wildman–Crippen MR) is 145 cm³/mol. The van der Waals surface area contributed by atoms with Crippen LogP contribution in [0.3, 0.4) is 0 Å². The zero-order valence-corrected chi connectivity index (χ0v) is 22.7. The van der Waals surface area contributed by atoms with Crippen LogP contribution >= 0.6 is 0 Å². The summed E-state index contributed by atoms with van der Waals surface area (Å²) in [7, 11) is -3.53. The number of aromatic nitrogens is 1. The summed E-state index contributed by atoms with van der Waals surface area (Å²) >= 11 is 0. The van der Waals surface area contributed by atoms with Gasteiger partial charge in [0.25, 0.3) is 0 Å². The van der Waals surface area contributed by atoms with Gasteiger partial charge in [-0.25, -0.2) is 26.0 Å². The fraction of sp³-hybridized carbons (Fsp3) is 0.333. The van der Waals surface area contributed by atoms with Crippen LogP contribution in [0.15, 0.2) is 36.7 Å². The quantitative estimate of drug-likeness (QED) is 0.274. The number of nitrogens with one attached hydrogen (secondary N) is 2. The molecule has 1 aliphatic rings. The minimum atomic E-state index is -3.53. The van der Waals surface area contributed by atoms with Crippen molar-refractivity contribution < 1.29 is 30.8 Å². The molecule has 3 aromatic rings. The van der Waals surface area contributed by atoms with Gasteiger partial charge in [0.2, 0.25) is 15.9 Å². The maximum Gasteiger partial charge on any atom is 0.224 e. The Kier molecular flexibility index (Phi) is 8.76. The number of benzene rings is 2. The molecule has 0 aliphatic carbocycles. The Bertz CT molecular complexity index is 1530. The summed E-state index contributed by atoms with van der Waals surface area (Å²) in [4.78, 5) is 16.3. The van der Waals surface area contributed by atoms with Crippen molar-refractivity contribution in [3.8, 4) is 22.3 Å². The number of sulfonamides is 1. The Labute approximate surface area is 229 Å². The molecule has 2 aromatic carbocycles. The van der Waals surface area contributed by atoms with E-state index in [0.29, 0.717) is 19.2 Å². The first-order chi connectivity index (χ1) is 18.9. The van der Waals surface area contributed by atoms with Crippen LogP contribution in [-0.4, -0.2) is 55.5 Å². The molecular formula is C27H29F4N5O3S. The highest BCUT2D eigenvalue weighted by molar-refractivity contribution is 7.88. The van der Waals surface area contributed by atoms with Gasteiger partial charge < -0.3 is 16.4 Å². The smallest absolute Gasteiger partial charge is 0.224 e. The molecule has 0 bridgehead atoms. The second kappa shape index (κ2) is 11.9. The molecule has 0 unspecified atom stereocenters. The van der Waals surface area contributed by atoms with Crippen LogP contribution < -0.4 is 16.4 Å². The summed E-state index contributed by atoms with van der Waals surface area (Å²) in [6.45, 7) is 2.65. The van der Waals surface area contributed by atoms with Crippen LogP contribution in [0.2, 0.25) is 0 Å². The van der Waals surface area contributed by atoms with Crippen molar-refractivity contribution in [2.24, 2.45) is 0 Å². The number of hydrogen-bond acceptors (Lipinski definition) is 6. The van der Waals surface area contributed by atoms with Crippen molar-refractivity contribution in [1.82, 2.24) is 14.6 Å². The minimum absolute atomic E-state index is 0.00355. The highest BCUT2D eigenvalue weighted by atomic mass is 32.2. The molecule has 1 saturated heterocycles. The molecule has 1 atom stereocenters. The van der Waals surface area contributed by atoms with E-state index < -0.39 is 50.9 Å². The lowest BCUT2D eigenvalue weighted by atomic mass is 9.88. The van der Waals surface area contributed by atoms with Crippen LogP contribution in [0.5, 0.6) is 0 Å². The van der Waals surface area contributed by atoms with Crippen LogP contribution in [-0.2, 0) is 21.2 Å². The summed E-state index contributed by atoms with van der Waals surface area (Å²) < 4.78 is 85.6. The number of carbonyl (C=O) groups excluding carboxylic acids is 1. The number of piperazine rings is 1. The summed E-state index contributed by atoms with van der Waals surface area (Å²) in [5.41, 5.74) is 4.97. The Morgan fingerprint density at radius 3 is 2.48 bits per heavy atom. The minimum Gasteiger partial charge on any atom is -0.396 e. The molecule has 1 fully saturated rings. The molecular weight excluding hydrogens is 550 g/mol. The van der Waals surface area contributed by atoms with Crippen molar-refractivity contribution >= 4 is 27.3 Å². The molecule has 13 heteroatoms. The second-order valence-corrected chi connectivity index (χ2v) is 11.5. The van der Waals surface area contributed by atoms with E-state index in [-0.39, 0.29) is 59.3 Å². The highest BCUT2D eigenvalue weighted by Crippen LogP contribution is 2.44. The average molecular weight is 580 g/mol. The molecule has 40 heavy (non-hydrogen) atoms. The van der Waals surface area contributed by atoms with Crippen molar-refractivity contribution in [2.75, 3.05) is 36.9 Å². The van der Waals surface area contributed by atoms with Gasteiger partial charge in [-0.1, -0.05) is 6.92 Å². The van der Waals surface area contributed by atoms with E-state index in [0.717, 1.165) is 30.7 Å². The number of halogens is 4. The normalized spacial score (nSPS) is 16.2. The third-order valence-corrected chi connectivity index (χ3v) is 8.10. The topological polar surface area (TPSA) is 117 Å². The van der Waals surface area contributed by atoms with Gasteiger partial charge in [-0.05, 0) is 42.2 Å². The predicted octanol–water partition coefficient (Wildman–Crippen LogP) is 4.07. The fourth-order valence-electron chi connectivity index (χ4n) is 4.93. The lowest BCUT2D eigenvalue weighted by Gasteiger charge is -2.34. The maximum absolute atomic E-state index is 15.7.